The number of hydrogen-bond donors (Lipinski definition) is 0. The van der Waals surface area contributed by atoms with E-state index < -0.39 is 0 Å². The Morgan fingerprint density at radius 1 is 0.228 bits per heavy atom. The zero-order valence-corrected chi connectivity index (χ0v) is 56.3. The summed E-state index contributed by atoms with van der Waals surface area (Å²) in [5.74, 6) is 0.850. The van der Waals surface area contributed by atoms with Crippen molar-refractivity contribution in [1.82, 2.24) is 0 Å². The van der Waals surface area contributed by atoms with Gasteiger partial charge in [0.15, 0.2) is 0 Å². The molecule has 15 aromatic rings. The molecule has 0 spiro atoms. The lowest BCUT2D eigenvalue weighted by Gasteiger charge is -2.27. The Bertz CT molecular complexity index is 5300. The molecular formula is C88H72N8O5. The second kappa shape index (κ2) is 30.7. The molecule has 0 saturated heterocycles. The molecule has 0 aromatic heterocycles. The minimum Gasteiger partial charge on any atom is -0.497 e. The Morgan fingerprint density at radius 3 is 0.822 bits per heavy atom. The minimum atomic E-state index is -0.385. The topological polar surface area (TPSA) is 115 Å². The Morgan fingerprint density at radius 2 is 0.485 bits per heavy atom. The monoisotopic (exact) mass is 1320 g/mol. The van der Waals surface area contributed by atoms with Gasteiger partial charge in [0.2, 0.25) is 0 Å². The molecule has 0 heterocycles. The molecule has 13 heteroatoms. The van der Waals surface area contributed by atoms with Crippen LogP contribution < -0.4 is 34.1 Å². The lowest BCUT2D eigenvalue weighted by atomic mass is 10.1. The fraction of sp³-hybridized carbons (Fsp3) is 0.0455. The first-order chi connectivity index (χ1) is 49.4. The van der Waals surface area contributed by atoms with Crippen LogP contribution in [0, 0.1) is 20.2 Å². The van der Waals surface area contributed by atoms with E-state index in [0.717, 1.165) is 91.1 Å². The number of fused-ring (bicyclic) bond motifs is 3. The van der Waals surface area contributed by atoms with E-state index in [0.29, 0.717) is 0 Å². The number of nitro groups is 2. The molecule has 13 nitrogen and oxygen atoms in total. The molecule has 494 valence electrons. The predicted molar refractivity (Wildman–Crippen MR) is 419 cm³/mol. The number of benzene rings is 15. The second-order valence-electron chi connectivity index (χ2n) is 24.1. The summed E-state index contributed by atoms with van der Waals surface area (Å²) in [7, 11) is 7.63. The number of methoxy groups -OCH3 is 1. The van der Waals surface area contributed by atoms with E-state index in [9.17, 15) is 20.2 Å². The highest BCUT2D eigenvalue weighted by atomic mass is 16.6. The molecule has 15 rings (SSSR count). The van der Waals surface area contributed by atoms with Crippen molar-refractivity contribution in [3.8, 4) is 5.75 Å². The van der Waals surface area contributed by atoms with Gasteiger partial charge >= 0.3 is 0 Å². The third kappa shape index (κ3) is 15.4. The van der Waals surface area contributed by atoms with E-state index in [-0.39, 0.29) is 21.2 Å². The number of para-hydroxylation sites is 3. The van der Waals surface area contributed by atoms with Crippen molar-refractivity contribution in [3.05, 3.63) is 384 Å². The van der Waals surface area contributed by atoms with Crippen LogP contribution in [-0.4, -0.2) is 38.1 Å². The van der Waals surface area contributed by atoms with Crippen LogP contribution in [0.25, 0.3) is 32.3 Å². The molecule has 0 saturated carbocycles. The van der Waals surface area contributed by atoms with E-state index in [2.05, 4.69) is 263 Å². The van der Waals surface area contributed by atoms with Crippen LogP contribution >= 0.6 is 0 Å². The van der Waals surface area contributed by atoms with Crippen LogP contribution in [0.3, 0.4) is 0 Å². The molecule has 0 atom stereocenters. The van der Waals surface area contributed by atoms with Crippen molar-refractivity contribution in [2.45, 2.75) is 0 Å². The van der Waals surface area contributed by atoms with Crippen molar-refractivity contribution >= 4 is 129 Å². The first-order valence-electron chi connectivity index (χ1n) is 33.1. The van der Waals surface area contributed by atoms with E-state index in [4.69, 9.17) is 4.74 Å². The molecule has 0 amide bonds. The highest BCUT2D eigenvalue weighted by Gasteiger charge is 2.19. The molecule has 0 bridgehead atoms. The van der Waals surface area contributed by atoms with Crippen LogP contribution in [0.15, 0.2) is 364 Å². The second-order valence-corrected chi connectivity index (χ2v) is 24.1. The smallest absolute Gasteiger partial charge is 0.271 e. The first-order valence-corrected chi connectivity index (χ1v) is 33.1. The Kier molecular flexibility index (Phi) is 20.1. The quantitative estimate of drug-likeness (QED) is 0.0604. The van der Waals surface area contributed by atoms with Gasteiger partial charge in [-0.05, 0) is 208 Å². The van der Waals surface area contributed by atoms with Crippen molar-refractivity contribution in [3.63, 3.8) is 0 Å². The van der Waals surface area contributed by atoms with E-state index in [1.807, 2.05) is 109 Å². The van der Waals surface area contributed by atoms with Gasteiger partial charge in [0, 0.05) is 137 Å². The van der Waals surface area contributed by atoms with Gasteiger partial charge in [-0.2, -0.15) is 0 Å². The first kappa shape index (κ1) is 66.1. The zero-order chi connectivity index (χ0) is 69.6. The maximum atomic E-state index is 11.2. The van der Waals surface area contributed by atoms with Gasteiger partial charge < -0.3 is 34.1 Å². The van der Waals surface area contributed by atoms with Crippen molar-refractivity contribution in [2.24, 2.45) is 0 Å². The average Bonchev–Trinajstić information content (AvgIpc) is 0.826. The van der Waals surface area contributed by atoms with E-state index in [1.165, 1.54) is 50.5 Å². The molecule has 0 fully saturated rings. The summed E-state index contributed by atoms with van der Waals surface area (Å²) < 4.78 is 5.39. The van der Waals surface area contributed by atoms with E-state index >= 15 is 0 Å². The highest BCUT2D eigenvalue weighted by molar-refractivity contribution is 5.92. The average molecular weight is 1320 g/mol. The van der Waals surface area contributed by atoms with Crippen LogP contribution in [0.5, 0.6) is 5.75 Å². The maximum absolute atomic E-state index is 11.2. The summed E-state index contributed by atoms with van der Waals surface area (Å²) in [4.78, 5) is 34.2. The van der Waals surface area contributed by atoms with Gasteiger partial charge in [0.1, 0.15) is 5.75 Å². The number of rotatable bonds is 18. The van der Waals surface area contributed by atoms with Gasteiger partial charge in [-0.1, -0.05) is 158 Å². The standard InChI is InChI=1S/C30H26N2O.2C29H23N3O2/c1-31(28-13-8-14-30(22-28)33-2)25-17-19-27(20-18-25)32(26-11-4-3-5-12-26)29-16-15-23-9-6-7-10-24(23)21-29;1-30(27-12-7-13-29(21-27)32(33)34)24-16-18-26(19-17-24)31(25-10-3-2-4-11-25)28-15-14-22-8-5-6-9-23(22)20-28;1-30(25-15-19-28(20-16-25)32(33)34)24-13-17-27(18-14-24)31(26-9-3-2-4-10-26)29-12-11-22-7-5-6-8-23(22)21-29/h3-22H,1-2H3;2*2-21H,1H3. The summed E-state index contributed by atoms with van der Waals surface area (Å²) in [6.45, 7) is 0. The number of ether oxygens (including phenoxy) is 1. The normalized spacial score (nSPS) is 10.7. The summed E-state index contributed by atoms with van der Waals surface area (Å²) in [6.07, 6.45) is 0. The molecule has 15 aromatic carbocycles. The number of nitro benzene ring substituents is 2. The van der Waals surface area contributed by atoms with Gasteiger partial charge in [0.25, 0.3) is 11.4 Å². The summed E-state index contributed by atoms with van der Waals surface area (Å²) in [5, 5.41) is 29.4. The lowest BCUT2D eigenvalue weighted by Crippen LogP contribution is -2.12. The molecule has 0 aliphatic carbocycles. The molecule has 101 heavy (non-hydrogen) atoms. The van der Waals surface area contributed by atoms with Crippen LogP contribution in [0.4, 0.5) is 96.7 Å². The molecule has 0 N–H and O–H groups in total. The van der Waals surface area contributed by atoms with Crippen molar-refractivity contribution in [1.29, 1.82) is 0 Å². The third-order valence-electron chi connectivity index (χ3n) is 17.8. The number of hydrogen-bond acceptors (Lipinski definition) is 11. The van der Waals surface area contributed by atoms with E-state index in [1.54, 1.807) is 31.4 Å². The van der Waals surface area contributed by atoms with Crippen molar-refractivity contribution < 1.29 is 14.6 Å². The molecular weight excluding hydrogens is 1250 g/mol. The molecule has 0 unspecified atom stereocenters. The summed E-state index contributed by atoms with van der Waals surface area (Å²) in [5.41, 5.74) is 15.7. The number of nitrogens with zero attached hydrogens (tertiary/aromatic N) is 8. The minimum absolute atomic E-state index is 0.0764. The Hall–Kier alpha value is -13.5. The largest absolute Gasteiger partial charge is 0.497 e. The Labute approximate surface area is 588 Å². The van der Waals surface area contributed by atoms with Crippen molar-refractivity contribution in [2.75, 3.05) is 57.7 Å². The molecule has 0 radical (unpaired) electrons. The van der Waals surface area contributed by atoms with Crippen LogP contribution in [0.1, 0.15) is 0 Å². The maximum Gasteiger partial charge on any atom is 0.271 e. The Balaban J connectivity index is 0.000000135. The third-order valence-corrected chi connectivity index (χ3v) is 17.8. The molecule has 0 aliphatic rings. The highest BCUT2D eigenvalue weighted by Crippen LogP contribution is 2.42. The lowest BCUT2D eigenvalue weighted by molar-refractivity contribution is -0.385. The van der Waals surface area contributed by atoms with Gasteiger partial charge in [-0.25, -0.2) is 0 Å². The van der Waals surface area contributed by atoms with Gasteiger partial charge in [-0.3, -0.25) is 20.2 Å². The SMILES string of the molecule is CN(c1ccc(N(c2ccccc2)c2ccc3ccccc3c2)cc1)c1ccc([N+](=O)[O-])cc1.CN(c1ccc(N(c2ccccc2)c2ccc3ccccc3c2)cc1)c1cccc([N+](=O)[O-])c1.COc1cccc(N(C)c2ccc(N(c3ccccc3)c3ccc4ccccc4c3)cc2)c1. The van der Waals surface area contributed by atoms with Crippen LogP contribution in [0.2, 0.25) is 0 Å². The van der Waals surface area contributed by atoms with Gasteiger partial charge in [0.05, 0.1) is 17.0 Å². The van der Waals surface area contributed by atoms with Gasteiger partial charge in [-0.15, -0.1) is 0 Å². The predicted octanol–water partition coefficient (Wildman–Crippen LogP) is 24.1. The van der Waals surface area contributed by atoms with Crippen LogP contribution in [-0.2, 0) is 0 Å². The summed E-state index contributed by atoms with van der Waals surface area (Å²) in [6, 6.07) is 122. The summed E-state index contributed by atoms with van der Waals surface area (Å²) >= 11 is 0. The number of non-ortho nitro benzene ring substituents is 2. The number of anilines is 15. The molecule has 0 aliphatic heterocycles. The fourth-order valence-corrected chi connectivity index (χ4v) is 12.4. The fourth-order valence-electron chi connectivity index (χ4n) is 12.4. The zero-order valence-electron chi connectivity index (χ0n) is 56.3.